The Kier molecular flexibility index (Phi) is 4.77. The van der Waals surface area contributed by atoms with Gasteiger partial charge in [-0.25, -0.2) is 13.1 Å². The fraction of sp³-hybridized carbons (Fsp3) is 0.188. The number of anilines is 1. The number of pyridine rings is 1. The number of hydrogen-bond acceptors (Lipinski definition) is 5. The lowest BCUT2D eigenvalue weighted by Crippen LogP contribution is -2.36. The Balaban J connectivity index is 1.58. The number of fused-ring (bicyclic) bond motifs is 1. The van der Waals surface area contributed by atoms with Gasteiger partial charge in [-0.05, 0) is 35.4 Å². The number of sulfonamides is 1. The van der Waals surface area contributed by atoms with Crippen molar-refractivity contribution in [2.24, 2.45) is 0 Å². The van der Waals surface area contributed by atoms with Crippen LogP contribution in [0.15, 0.2) is 47.6 Å². The van der Waals surface area contributed by atoms with Gasteiger partial charge in [-0.2, -0.15) is 0 Å². The Morgan fingerprint density at radius 2 is 2.12 bits per heavy atom. The molecule has 8 nitrogen and oxygen atoms in total. The molecule has 2 heterocycles. The molecule has 0 unspecified atom stereocenters. The molecule has 3 N–H and O–H groups in total. The number of nitrogens with zero attached hydrogens (tertiary/aromatic N) is 1. The van der Waals surface area contributed by atoms with Crippen molar-refractivity contribution in [2.75, 3.05) is 11.9 Å². The summed E-state index contributed by atoms with van der Waals surface area (Å²) in [6.45, 7) is -0.113. The van der Waals surface area contributed by atoms with Crippen molar-refractivity contribution in [3.8, 4) is 0 Å². The van der Waals surface area contributed by atoms with Crippen LogP contribution in [0.2, 0.25) is 0 Å². The van der Waals surface area contributed by atoms with E-state index in [1.165, 1.54) is 18.2 Å². The second-order valence-corrected chi connectivity index (χ2v) is 7.27. The van der Waals surface area contributed by atoms with E-state index in [9.17, 15) is 18.0 Å². The molecule has 0 radical (unpaired) electrons. The van der Waals surface area contributed by atoms with Crippen LogP contribution in [0.3, 0.4) is 0 Å². The fourth-order valence-electron chi connectivity index (χ4n) is 2.38. The Hall–Kier alpha value is -2.78. The Labute approximate surface area is 144 Å². The summed E-state index contributed by atoms with van der Waals surface area (Å²) in [5.41, 5.74) is 2.04. The number of aromatic nitrogens is 1. The minimum atomic E-state index is -3.84. The first-order valence-electron chi connectivity index (χ1n) is 7.52. The lowest BCUT2D eigenvalue weighted by atomic mass is 10.2. The maximum Gasteiger partial charge on any atom is 0.241 e. The van der Waals surface area contributed by atoms with Gasteiger partial charge in [0.1, 0.15) is 0 Å². The largest absolute Gasteiger partial charge is 0.351 e. The lowest BCUT2D eigenvalue weighted by Gasteiger charge is -2.09. The van der Waals surface area contributed by atoms with Gasteiger partial charge in [-0.15, -0.1) is 0 Å². The Morgan fingerprint density at radius 1 is 1.28 bits per heavy atom. The molecule has 0 spiro atoms. The molecular formula is C16H16N4O4S. The fourth-order valence-corrected chi connectivity index (χ4v) is 3.41. The van der Waals surface area contributed by atoms with Crippen LogP contribution in [0.4, 0.5) is 5.69 Å². The van der Waals surface area contributed by atoms with E-state index in [0.717, 1.165) is 5.56 Å². The molecule has 3 rings (SSSR count). The third-order valence-electron chi connectivity index (χ3n) is 3.65. The smallest absolute Gasteiger partial charge is 0.241 e. The van der Waals surface area contributed by atoms with E-state index in [1.807, 2.05) is 0 Å². The average Bonchev–Trinajstić information content (AvgIpc) is 2.98. The van der Waals surface area contributed by atoms with Crippen LogP contribution in [0.1, 0.15) is 11.1 Å². The van der Waals surface area contributed by atoms with Gasteiger partial charge in [0.2, 0.25) is 21.8 Å². The predicted molar refractivity (Wildman–Crippen MR) is 90.0 cm³/mol. The summed E-state index contributed by atoms with van der Waals surface area (Å²) in [6.07, 6.45) is 3.38. The van der Waals surface area contributed by atoms with Crippen LogP contribution in [-0.4, -0.2) is 31.8 Å². The molecule has 0 aliphatic carbocycles. The van der Waals surface area contributed by atoms with Crippen LogP contribution in [-0.2, 0) is 32.6 Å². The molecule has 1 aromatic heterocycles. The first-order valence-corrected chi connectivity index (χ1v) is 9.00. The Morgan fingerprint density at radius 3 is 2.88 bits per heavy atom. The first-order chi connectivity index (χ1) is 11.9. The molecule has 25 heavy (non-hydrogen) atoms. The number of rotatable bonds is 6. The molecule has 0 atom stereocenters. The van der Waals surface area contributed by atoms with Crippen molar-refractivity contribution in [1.82, 2.24) is 15.0 Å². The number of benzene rings is 1. The zero-order chi connectivity index (χ0) is 17.9. The van der Waals surface area contributed by atoms with Crippen molar-refractivity contribution in [1.29, 1.82) is 0 Å². The van der Waals surface area contributed by atoms with Gasteiger partial charge in [-0.3, -0.25) is 14.6 Å². The number of carbonyl (C=O) groups excluding carboxylic acids is 2. The minimum Gasteiger partial charge on any atom is -0.351 e. The minimum absolute atomic E-state index is 0.0165. The molecule has 2 amide bonds. The van der Waals surface area contributed by atoms with Gasteiger partial charge < -0.3 is 10.6 Å². The van der Waals surface area contributed by atoms with Crippen molar-refractivity contribution < 1.29 is 18.0 Å². The van der Waals surface area contributed by atoms with Gasteiger partial charge in [0, 0.05) is 24.6 Å². The molecule has 1 aliphatic rings. The van der Waals surface area contributed by atoms with Gasteiger partial charge >= 0.3 is 0 Å². The standard InChI is InChI=1S/C16H16N4O4S/c21-15-7-12-6-13(3-4-14(12)20-15)25(23,24)19-10-16(22)18-9-11-2-1-5-17-8-11/h1-6,8,19H,7,9-10H2,(H,18,22)(H,20,21). The summed E-state index contributed by atoms with van der Waals surface area (Å²) in [7, 11) is -3.84. The molecular weight excluding hydrogens is 344 g/mol. The van der Waals surface area contributed by atoms with Gasteiger partial charge in [0.15, 0.2) is 0 Å². The first kappa shape index (κ1) is 17.1. The highest BCUT2D eigenvalue weighted by Crippen LogP contribution is 2.25. The summed E-state index contributed by atoms with van der Waals surface area (Å²) >= 11 is 0. The number of nitrogens with one attached hydrogen (secondary N) is 3. The van der Waals surface area contributed by atoms with Gasteiger partial charge in [-0.1, -0.05) is 6.07 Å². The van der Waals surface area contributed by atoms with Crippen molar-refractivity contribution >= 4 is 27.5 Å². The average molecular weight is 360 g/mol. The molecule has 130 valence electrons. The number of carbonyl (C=O) groups is 2. The molecule has 0 bridgehead atoms. The summed E-state index contributed by atoms with van der Waals surface area (Å²) in [5.74, 6) is -0.627. The van der Waals surface area contributed by atoms with Crippen molar-refractivity contribution in [3.63, 3.8) is 0 Å². The summed E-state index contributed by atoms with van der Waals surface area (Å²) in [6, 6.07) is 7.91. The molecule has 2 aromatic rings. The van der Waals surface area contributed by atoms with E-state index in [0.29, 0.717) is 11.3 Å². The molecule has 0 fully saturated rings. The third kappa shape index (κ3) is 4.20. The van der Waals surface area contributed by atoms with E-state index in [2.05, 4.69) is 20.3 Å². The highest BCUT2D eigenvalue weighted by atomic mass is 32.2. The highest BCUT2D eigenvalue weighted by Gasteiger charge is 2.22. The maximum atomic E-state index is 12.3. The number of hydrogen-bond donors (Lipinski definition) is 3. The predicted octanol–water partition coefficient (Wildman–Crippen LogP) is 0.171. The van der Waals surface area contributed by atoms with E-state index >= 15 is 0 Å². The molecule has 9 heteroatoms. The van der Waals surface area contributed by atoms with Crippen LogP contribution in [0, 0.1) is 0 Å². The maximum absolute atomic E-state index is 12.3. The Bertz CT molecular complexity index is 913. The zero-order valence-electron chi connectivity index (χ0n) is 13.2. The van der Waals surface area contributed by atoms with E-state index < -0.39 is 15.9 Å². The molecule has 0 saturated carbocycles. The van der Waals surface area contributed by atoms with Crippen LogP contribution < -0.4 is 15.4 Å². The summed E-state index contributed by atoms with van der Waals surface area (Å²) in [4.78, 5) is 27.1. The van der Waals surface area contributed by atoms with Gasteiger partial charge in [0.05, 0.1) is 17.9 Å². The van der Waals surface area contributed by atoms with Crippen molar-refractivity contribution in [3.05, 3.63) is 53.9 Å². The molecule has 0 saturated heterocycles. The second kappa shape index (κ2) is 6.99. The lowest BCUT2D eigenvalue weighted by molar-refractivity contribution is -0.120. The normalized spacial score (nSPS) is 13.2. The summed E-state index contributed by atoms with van der Waals surface area (Å²) < 4.78 is 26.8. The van der Waals surface area contributed by atoms with Crippen LogP contribution in [0.25, 0.3) is 0 Å². The topological polar surface area (TPSA) is 117 Å². The van der Waals surface area contributed by atoms with E-state index in [-0.39, 0.29) is 30.3 Å². The highest BCUT2D eigenvalue weighted by molar-refractivity contribution is 7.89. The third-order valence-corrected chi connectivity index (χ3v) is 5.05. The van der Waals surface area contributed by atoms with Crippen LogP contribution >= 0.6 is 0 Å². The van der Waals surface area contributed by atoms with E-state index in [4.69, 9.17) is 0 Å². The zero-order valence-corrected chi connectivity index (χ0v) is 14.0. The summed E-state index contributed by atoms with van der Waals surface area (Å²) in [5, 5.41) is 5.25. The second-order valence-electron chi connectivity index (χ2n) is 5.51. The quantitative estimate of drug-likeness (QED) is 0.679. The monoisotopic (exact) mass is 360 g/mol. The number of amides is 2. The molecule has 1 aliphatic heterocycles. The van der Waals surface area contributed by atoms with Crippen molar-refractivity contribution in [2.45, 2.75) is 17.9 Å². The van der Waals surface area contributed by atoms with Crippen LogP contribution in [0.5, 0.6) is 0 Å². The van der Waals surface area contributed by atoms with E-state index in [1.54, 1.807) is 24.5 Å². The SMILES string of the molecule is O=C(CNS(=O)(=O)c1ccc2c(c1)CC(=O)N2)NCc1cccnc1. The molecule has 1 aromatic carbocycles. The van der Waals surface area contributed by atoms with Gasteiger partial charge in [0.25, 0.3) is 0 Å².